The molecule has 5 nitrogen and oxygen atoms in total. The van der Waals surface area contributed by atoms with Crippen LogP contribution in [0.4, 0.5) is 0 Å². The van der Waals surface area contributed by atoms with E-state index in [1.54, 1.807) is 30.0 Å². The van der Waals surface area contributed by atoms with Crippen molar-refractivity contribution in [3.05, 3.63) is 35.4 Å². The number of hydrogen-bond acceptors (Lipinski definition) is 3. The van der Waals surface area contributed by atoms with Gasteiger partial charge in [-0.3, -0.25) is 9.59 Å². The Morgan fingerprint density at radius 3 is 3.00 bits per heavy atom. The van der Waals surface area contributed by atoms with Crippen LogP contribution in [0.2, 0.25) is 0 Å². The van der Waals surface area contributed by atoms with E-state index >= 15 is 0 Å². The Morgan fingerprint density at radius 2 is 2.25 bits per heavy atom. The summed E-state index contributed by atoms with van der Waals surface area (Å²) in [6.45, 7) is 2.95. The lowest BCUT2D eigenvalue weighted by molar-refractivity contribution is -0.127. The fourth-order valence-corrected chi connectivity index (χ4v) is 2.14. The smallest absolute Gasteiger partial charge is 0.255 e. The van der Waals surface area contributed by atoms with E-state index in [1.165, 1.54) is 0 Å². The van der Waals surface area contributed by atoms with Gasteiger partial charge in [-0.15, -0.1) is 0 Å². The van der Waals surface area contributed by atoms with E-state index in [2.05, 4.69) is 17.2 Å². The molecule has 0 aliphatic carbocycles. The molecule has 1 unspecified atom stereocenters. The number of hydrogen-bond donors (Lipinski definition) is 2. The predicted molar refractivity (Wildman–Crippen MR) is 75.9 cm³/mol. The summed E-state index contributed by atoms with van der Waals surface area (Å²) in [6, 6.07) is 6.65. The van der Waals surface area contributed by atoms with Crippen molar-refractivity contribution in [1.29, 1.82) is 0 Å². The van der Waals surface area contributed by atoms with E-state index in [9.17, 15) is 9.59 Å². The zero-order chi connectivity index (χ0) is 14.5. The Morgan fingerprint density at radius 1 is 1.50 bits per heavy atom. The number of nitrogens with zero attached hydrogens (tertiary/aromatic N) is 1. The molecule has 1 fully saturated rings. The van der Waals surface area contributed by atoms with E-state index in [1.807, 2.05) is 6.07 Å². The quantitative estimate of drug-likeness (QED) is 0.704. The molecule has 2 rings (SSSR count). The summed E-state index contributed by atoms with van der Waals surface area (Å²) in [7, 11) is 0. The van der Waals surface area contributed by atoms with Crippen LogP contribution in [0.5, 0.6) is 0 Å². The van der Waals surface area contributed by atoms with Gasteiger partial charge < -0.3 is 16.0 Å². The Labute approximate surface area is 118 Å². The van der Waals surface area contributed by atoms with Gasteiger partial charge in [-0.2, -0.15) is 0 Å². The molecule has 1 aromatic carbocycles. The molecule has 0 spiro atoms. The maximum atomic E-state index is 12.6. The van der Waals surface area contributed by atoms with Crippen molar-refractivity contribution in [1.82, 2.24) is 10.2 Å². The molecule has 2 amide bonds. The average Bonchev–Trinajstić information content (AvgIpc) is 2.47. The fourth-order valence-electron chi connectivity index (χ4n) is 2.14. The van der Waals surface area contributed by atoms with Crippen LogP contribution < -0.4 is 11.1 Å². The van der Waals surface area contributed by atoms with Crippen LogP contribution in [0, 0.1) is 11.8 Å². The van der Waals surface area contributed by atoms with E-state index in [4.69, 9.17) is 5.73 Å². The molecule has 1 atom stereocenters. The maximum absolute atomic E-state index is 12.6. The minimum absolute atomic E-state index is 0.130. The Hall–Kier alpha value is -2.32. The van der Waals surface area contributed by atoms with Crippen LogP contribution >= 0.6 is 0 Å². The van der Waals surface area contributed by atoms with Crippen molar-refractivity contribution in [2.75, 3.05) is 19.6 Å². The van der Waals surface area contributed by atoms with E-state index in [0.29, 0.717) is 24.2 Å². The Balaban J connectivity index is 2.31. The summed E-state index contributed by atoms with van der Waals surface area (Å²) in [6.07, 6.45) is 0. The van der Waals surface area contributed by atoms with Crippen LogP contribution in [0.15, 0.2) is 24.3 Å². The van der Waals surface area contributed by atoms with Gasteiger partial charge in [-0.05, 0) is 19.1 Å². The average molecular weight is 271 g/mol. The normalized spacial score (nSPS) is 18.0. The molecule has 1 aromatic rings. The van der Waals surface area contributed by atoms with Crippen molar-refractivity contribution in [3.63, 3.8) is 0 Å². The minimum Gasteiger partial charge on any atom is -0.353 e. The molecule has 3 N–H and O–H groups in total. The van der Waals surface area contributed by atoms with Crippen molar-refractivity contribution in [3.8, 4) is 11.8 Å². The number of carbonyl (C=O) groups is 2. The topological polar surface area (TPSA) is 75.4 Å². The highest BCUT2D eigenvalue weighted by molar-refractivity contribution is 5.99. The third kappa shape index (κ3) is 2.81. The molecular formula is C15H17N3O2. The van der Waals surface area contributed by atoms with Crippen molar-refractivity contribution in [2.24, 2.45) is 5.73 Å². The highest BCUT2D eigenvalue weighted by Crippen LogP contribution is 2.14. The molecule has 0 aromatic heterocycles. The van der Waals surface area contributed by atoms with Crippen LogP contribution in [-0.2, 0) is 4.79 Å². The van der Waals surface area contributed by atoms with Gasteiger partial charge in [0, 0.05) is 18.7 Å². The summed E-state index contributed by atoms with van der Waals surface area (Å²) in [4.78, 5) is 25.8. The number of nitrogens with two attached hydrogens (primary N) is 1. The van der Waals surface area contributed by atoms with Crippen LogP contribution in [-0.4, -0.2) is 42.4 Å². The van der Waals surface area contributed by atoms with E-state index < -0.39 is 6.04 Å². The van der Waals surface area contributed by atoms with Gasteiger partial charge in [0.25, 0.3) is 5.91 Å². The van der Waals surface area contributed by atoms with Crippen LogP contribution in [0.25, 0.3) is 0 Å². The first-order chi connectivity index (χ1) is 9.65. The Bertz CT molecular complexity index is 586. The number of nitrogens with one attached hydrogen (secondary N) is 1. The van der Waals surface area contributed by atoms with Gasteiger partial charge in [-0.25, -0.2) is 0 Å². The summed E-state index contributed by atoms with van der Waals surface area (Å²) in [5.74, 6) is 5.34. The molecular weight excluding hydrogens is 254 g/mol. The van der Waals surface area contributed by atoms with Crippen molar-refractivity contribution in [2.45, 2.75) is 13.0 Å². The maximum Gasteiger partial charge on any atom is 0.255 e. The van der Waals surface area contributed by atoms with Crippen molar-refractivity contribution >= 4 is 11.8 Å². The first-order valence-electron chi connectivity index (χ1n) is 6.52. The lowest BCUT2D eigenvalue weighted by atomic mass is 10.0. The monoisotopic (exact) mass is 271 g/mol. The first kappa shape index (κ1) is 14.1. The molecule has 1 aliphatic rings. The third-order valence-electron chi connectivity index (χ3n) is 3.24. The predicted octanol–water partition coefficient (Wildman–Crippen LogP) is -0.0427. The zero-order valence-corrected chi connectivity index (χ0v) is 11.3. The molecule has 5 heteroatoms. The standard InChI is InChI=1S/C15H17N3O2/c1-11-14(19)17-9-10-18(11)15(20)13-7-3-2-5-12(13)6-4-8-16/h2-3,5,7,11H,8-10,16H2,1H3,(H,17,19). The molecule has 20 heavy (non-hydrogen) atoms. The SMILES string of the molecule is CC1C(=O)NCCN1C(=O)c1ccccc1C#CCN. The fraction of sp³-hybridized carbons (Fsp3) is 0.333. The van der Waals surface area contributed by atoms with E-state index in [0.717, 1.165) is 0 Å². The third-order valence-corrected chi connectivity index (χ3v) is 3.24. The van der Waals surface area contributed by atoms with Gasteiger partial charge in [0.2, 0.25) is 5.91 Å². The number of carbonyl (C=O) groups excluding carboxylic acids is 2. The molecule has 0 radical (unpaired) electrons. The number of amides is 2. The number of piperazine rings is 1. The van der Waals surface area contributed by atoms with E-state index in [-0.39, 0.29) is 18.4 Å². The Kier molecular flexibility index (Phi) is 4.38. The van der Waals surface area contributed by atoms with Gasteiger partial charge in [0.15, 0.2) is 0 Å². The van der Waals surface area contributed by atoms with Gasteiger partial charge >= 0.3 is 0 Å². The van der Waals surface area contributed by atoms with Crippen LogP contribution in [0.3, 0.4) is 0 Å². The lowest BCUT2D eigenvalue weighted by Crippen LogP contribution is -2.55. The second kappa shape index (κ2) is 6.22. The van der Waals surface area contributed by atoms with Gasteiger partial charge in [0.1, 0.15) is 6.04 Å². The summed E-state index contributed by atoms with van der Waals surface area (Å²) in [5.41, 5.74) is 6.51. The van der Waals surface area contributed by atoms with Crippen molar-refractivity contribution < 1.29 is 9.59 Å². The number of rotatable bonds is 1. The van der Waals surface area contributed by atoms with Gasteiger partial charge in [-0.1, -0.05) is 24.0 Å². The zero-order valence-electron chi connectivity index (χ0n) is 11.3. The largest absolute Gasteiger partial charge is 0.353 e. The molecule has 1 saturated heterocycles. The molecule has 1 aliphatic heterocycles. The summed E-state index contributed by atoms with van der Waals surface area (Å²) < 4.78 is 0. The molecule has 104 valence electrons. The molecule has 0 bridgehead atoms. The van der Waals surface area contributed by atoms with Gasteiger partial charge in [0.05, 0.1) is 12.1 Å². The highest BCUT2D eigenvalue weighted by atomic mass is 16.2. The second-order valence-corrected chi connectivity index (χ2v) is 4.52. The first-order valence-corrected chi connectivity index (χ1v) is 6.52. The second-order valence-electron chi connectivity index (χ2n) is 4.52. The number of benzene rings is 1. The molecule has 0 saturated carbocycles. The summed E-state index contributed by atoms with van der Waals surface area (Å²) >= 11 is 0. The minimum atomic E-state index is -0.466. The highest BCUT2D eigenvalue weighted by Gasteiger charge is 2.30. The summed E-state index contributed by atoms with van der Waals surface area (Å²) in [5, 5.41) is 2.74. The lowest BCUT2D eigenvalue weighted by Gasteiger charge is -2.33. The molecule has 1 heterocycles. The van der Waals surface area contributed by atoms with Crippen LogP contribution in [0.1, 0.15) is 22.8 Å².